The van der Waals surface area contributed by atoms with Crippen LogP contribution in [0.2, 0.25) is 5.02 Å². The van der Waals surface area contributed by atoms with Gasteiger partial charge < -0.3 is 15.4 Å². The van der Waals surface area contributed by atoms with E-state index in [1.54, 1.807) is 19.2 Å². The van der Waals surface area contributed by atoms with Crippen LogP contribution in [0.25, 0.3) is 0 Å². The number of nitrogens with one attached hydrogen (secondary N) is 2. The summed E-state index contributed by atoms with van der Waals surface area (Å²) in [6, 6.07) is 20.4. The van der Waals surface area contributed by atoms with Crippen molar-refractivity contribution in [2.75, 3.05) is 17.7 Å². The molecule has 28 heavy (non-hydrogen) atoms. The maximum Gasteiger partial charge on any atom is 0.251 e. The van der Waals surface area contributed by atoms with Gasteiger partial charge in [0.2, 0.25) is 0 Å². The Kier molecular flexibility index (Phi) is 6.22. The first kappa shape index (κ1) is 19.8. The molecule has 0 bridgehead atoms. The molecular formula is C23H23ClN2O2. The Morgan fingerprint density at radius 3 is 2.43 bits per heavy atom. The van der Waals surface area contributed by atoms with E-state index in [-0.39, 0.29) is 5.91 Å². The second kappa shape index (κ2) is 8.81. The number of hydrogen-bond acceptors (Lipinski definition) is 3. The highest BCUT2D eigenvalue weighted by Gasteiger charge is 2.21. The molecule has 0 fully saturated rings. The number of carbonyl (C=O) groups is 1. The van der Waals surface area contributed by atoms with Crippen molar-refractivity contribution >= 4 is 28.9 Å². The predicted molar refractivity (Wildman–Crippen MR) is 115 cm³/mol. The summed E-state index contributed by atoms with van der Waals surface area (Å²) >= 11 is 6.24. The smallest absolute Gasteiger partial charge is 0.251 e. The maximum absolute atomic E-state index is 13.2. The third-order valence-electron chi connectivity index (χ3n) is 4.51. The van der Waals surface area contributed by atoms with Crippen LogP contribution in [0.15, 0.2) is 66.7 Å². The van der Waals surface area contributed by atoms with Gasteiger partial charge in [0.1, 0.15) is 11.8 Å². The van der Waals surface area contributed by atoms with Crippen molar-refractivity contribution in [3.05, 3.63) is 88.4 Å². The molecule has 5 heteroatoms. The SMILES string of the molecule is COc1ccc(NC(C(=O)Nc2cc(C)ccc2C)c2ccccc2)cc1Cl. The van der Waals surface area contributed by atoms with Crippen molar-refractivity contribution in [3.63, 3.8) is 0 Å². The van der Waals surface area contributed by atoms with E-state index >= 15 is 0 Å². The highest BCUT2D eigenvalue weighted by Crippen LogP contribution is 2.30. The van der Waals surface area contributed by atoms with Gasteiger partial charge in [-0.15, -0.1) is 0 Å². The normalized spacial score (nSPS) is 11.6. The fourth-order valence-electron chi connectivity index (χ4n) is 2.94. The first-order chi connectivity index (χ1) is 13.5. The molecule has 4 nitrogen and oxygen atoms in total. The third-order valence-corrected chi connectivity index (χ3v) is 4.80. The Hall–Kier alpha value is -2.98. The van der Waals surface area contributed by atoms with Gasteiger partial charge in [-0.1, -0.05) is 54.1 Å². The molecule has 0 aliphatic carbocycles. The van der Waals surface area contributed by atoms with Gasteiger partial charge in [0.15, 0.2) is 0 Å². The third kappa shape index (κ3) is 4.65. The zero-order valence-corrected chi connectivity index (χ0v) is 16.9. The van der Waals surface area contributed by atoms with Gasteiger partial charge in [0.05, 0.1) is 12.1 Å². The second-order valence-electron chi connectivity index (χ2n) is 6.64. The zero-order valence-electron chi connectivity index (χ0n) is 16.1. The first-order valence-corrected chi connectivity index (χ1v) is 9.39. The van der Waals surface area contributed by atoms with Crippen molar-refractivity contribution in [1.29, 1.82) is 0 Å². The number of methoxy groups -OCH3 is 1. The molecule has 1 atom stereocenters. The number of aryl methyl sites for hydroxylation is 2. The summed E-state index contributed by atoms with van der Waals surface area (Å²) in [7, 11) is 1.57. The van der Waals surface area contributed by atoms with Gasteiger partial charge in [-0.2, -0.15) is 0 Å². The molecule has 3 rings (SSSR count). The zero-order chi connectivity index (χ0) is 20.1. The number of benzene rings is 3. The molecule has 2 N–H and O–H groups in total. The summed E-state index contributed by atoms with van der Waals surface area (Å²) < 4.78 is 5.20. The van der Waals surface area contributed by atoms with Gasteiger partial charge in [-0.25, -0.2) is 0 Å². The monoisotopic (exact) mass is 394 g/mol. The van der Waals surface area contributed by atoms with E-state index in [9.17, 15) is 4.79 Å². The minimum Gasteiger partial charge on any atom is -0.495 e. The van der Waals surface area contributed by atoms with Crippen LogP contribution in [-0.2, 0) is 4.79 Å². The van der Waals surface area contributed by atoms with E-state index in [1.807, 2.05) is 68.4 Å². The molecule has 3 aromatic rings. The summed E-state index contributed by atoms with van der Waals surface area (Å²) in [5.74, 6) is 0.440. The highest BCUT2D eigenvalue weighted by atomic mass is 35.5. The van der Waals surface area contributed by atoms with Gasteiger partial charge in [-0.3, -0.25) is 4.79 Å². The van der Waals surface area contributed by atoms with E-state index < -0.39 is 6.04 Å². The Labute approximate surface area is 170 Å². The molecule has 144 valence electrons. The minimum atomic E-state index is -0.578. The number of rotatable bonds is 6. The lowest BCUT2D eigenvalue weighted by Crippen LogP contribution is -2.27. The summed E-state index contributed by atoms with van der Waals surface area (Å²) in [4.78, 5) is 13.2. The molecule has 0 aliphatic heterocycles. The van der Waals surface area contributed by atoms with Crippen molar-refractivity contribution in [2.24, 2.45) is 0 Å². The standard InChI is InChI=1S/C23H23ClN2O2/c1-15-9-10-16(2)20(13-15)26-23(27)22(17-7-5-4-6-8-17)25-18-11-12-21(28-3)19(24)14-18/h4-14,22,25H,1-3H3,(H,26,27). The average Bonchev–Trinajstić information content (AvgIpc) is 2.69. The highest BCUT2D eigenvalue weighted by molar-refractivity contribution is 6.32. The summed E-state index contributed by atoms with van der Waals surface area (Å²) in [5.41, 5.74) is 4.50. The van der Waals surface area contributed by atoms with Gasteiger partial charge >= 0.3 is 0 Å². The van der Waals surface area contributed by atoms with E-state index in [0.29, 0.717) is 10.8 Å². The fraction of sp³-hybridized carbons (Fsp3) is 0.174. The molecular weight excluding hydrogens is 372 g/mol. The minimum absolute atomic E-state index is 0.146. The number of halogens is 1. The van der Waals surface area contributed by atoms with Crippen LogP contribution in [0.3, 0.4) is 0 Å². The van der Waals surface area contributed by atoms with E-state index in [4.69, 9.17) is 16.3 Å². The van der Waals surface area contributed by atoms with Crippen LogP contribution < -0.4 is 15.4 Å². The summed E-state index contributed by atoms with van der Waals surface area (Å²) in [5, 5.41) is 6.82. The van der Waals surface area contributed by atoms with Crippen LogP contribution in [0, 0.1) is 13.8 Å². The number of carbonyl (C=O) groups excluding carboxylic acids is 1. The molecule has 0 radical (unpaired) electrons. The molecule has 0 aliphatic rings. The number of hydrogen-bond donors (Lipinski definition) is 2. The lowest BCUT2D eigenvalue weighted by atomic mass is 10.0. The topological polar surface area (TPSA) is 50.4 Å². The van der Waals surface area contributed by atoms with Crippen LogP contribution in [0.5, 0.6) is 5.75 Å². The largest absolute Gasteiger partial charge is 0.495 e. The molecule has 1 amide bonds. The van der Waals surface area contributed by atoms with E-state index in [1.165, 1.54) is 0 Å². The van der Waals surface area contributed by atoms with Crippen molar-refractivity contribution < 1.29 is 9.53 Å². The number of amides is 1. The molecule has 0 saturated heterocycles. The summed E-state index contributed by atoms with van der Waals surface area (Å²) in [6.45, 7) is 3.98. The molecule has 0 aromatic heterocycles. The van der Waals surface area contributed by atoms with E-state index in [2.05, 4.69) is 10.6 Å². The lowest BCUT2D eigenvalue weighted by molar-refractivity contribution is -0.117. The lowest BCUT2D eigenvalue weighted by Gasteiger charge is -2.21. The Morgan fingerprint density at radius 2 is 1.75 bits per heavy atom. The van der Waals surface area contributed by atoms with Gasteiger partial charge in [-0.05, 0) is 54.8 Å². The number of anilines is 2. The second-order valence-corrected chi connectivity index (χ2v) is 7.05. The van der Waals surface area contributed by atoms with Gasteiger partial charge in [0, 0.05) is 11.4 Å². The van der Waals surface area contributed by atoms with Crippen LogP contribution in [-0.4, -0.2) is 13.0 Å². The Balaban J connectivity index is 1.90. The molecule has 0 saturated carbocycles. The number of ether oxygens (including phenoxy) is 1. The average molecular weight is 395 g/mol. The van der Waals surface area contributed by atoms with Crippen molar-refractivity contribution in [3.8, 4) is 5.75 Å². The maximum atomic E-state index is 13.2. The van der Waals surface area contributed by atoms with Crippen molar-refractivity contribution in [2.45, 2.75) is 19.9 Å². The molecule has 1 unspecified atom stereocenters. The molecule has 0 heterocycles. The summed E-state index contributed by atoms with van der Waals surface area (Å²) in [6.07, 6.45) is 0. The molecule has 0 spiro atoms. The van der Waals surface area contributed by atoms with Crippen molar-refractivity contribution in [1.82, 2.24) is 0 Å². The van der Waals surface area contributed by atoms with Gasteiger partial charge in [0.25, 0.3) is 5.91 Å². The molecule has 3 aromatic carbocycles. The van der Waals surface area contributed by atoms with Crippen LogP contribution in [0.1, 0.15) is 22.7 Å². The first-order valence-electron chi connectivity index (χ1n) is 9.01. The Morgan fingerprint density at radius 1 is 1.00 bits per heavy atom. The van der Waals surface area contributed by atoms with Crippen LogP contribution >= 0.6 is 11.6 Å². The quantitative estimate of drug-likeness (QED) is 0.559. The Bertz CT molecular complexity index is 974. The van der Waals surface area contributed by atoms with E-state index in [0.717, 1.165) is 28.1 Å². The predicted octanol–water partition coefficient (Wildman–Crippen LogP) is 5.76. The van der Waals surface area contributed by atoms with Crippen LogP contribution in [0.4, 0.5) is 11.4 Å². The fourth-order valence-corrected chi connectivity index (χ4v) is 3.20.